The molecule has 3 rings (SSSR count). The van der Waals surface area contributed by atoms with Gasteiger partial charge in [-0.1, -0.05) is 29.8 Å². The quantitative estimate of drug-likeness (QED) is 0.291. The summed E-state index contributed by atoms with van der Waals surface area (Å²) >= 11 is 5.74. The van der Waals surface area contributed by atoms with Gasteiger partial charge >= 0.3 is 5.97 Å². The van der Waals surface area contributed by atoms with Gasteiger partial charge in [0.15, 0.2) is 0 Å². The number of anilines is 1. The number of nitrogens with zero attached hydrogens (tertiary/aromatic N) is 1. The van der Waals surface area contributed by atoms with Crippen LogP contribution >= 0.6 is 11.6 Å². The zero-order chi connectivity index (χ0) is 20.1. The van der Waals surface area contributed by atoms with Gasteiger partial charge in [-0.05, 0) is 48.5 Å². The van der Waals surface area contributed by atoms with E-state index < -0.39 is 16.6 Å². The van der Waals surface area contributed by atoms with E-state index in [1.165, 1.54) is 24.3 Å². The monoisotopic (exact) mass is 396 g/mol. The molecular weight excluding hydrogens is 384 g/mol. The number of carbonyl (C=O) groups is 2. The second-order valence-electron chi connectivity index (χ2n) is 5.65. The third-order valence-electron chi connectivity index (χ3n) is 3.74. The molecule has 0 aliphatic carbocycles. The summed E-state index contributed by atoms with van der Waals surface area (Å²) in [6.07, 6.45) is 0. The van der Waals surface area contributed by atoms with Gasteiger partial charge in [0.2, 0.25) is 0 Å². The SMILES string of the molecule is O=C(Nc1ccc(OC(=O)c2ccc(Cl)cc2[N+](=O)[O-])cc1)c1ccccc1. The summed E-state index contributed by atoms with van der Waals surface area (Å²) in [6.45, 7) is 0. The van der Waals surface area contributed by atoms with Crippen LogP contribution in [0.1, 0.15) is 20.7 Å². The van der Waals surface area contributed by atoms with Crippen molar-refractivity contribution >= 4 is 34.9 Å². The van der Waals surface area contributed by atoms with E-state index in [0.29, 0.717) is 11.3 Å². The Bertz CT molecular complexity index is 1040. The van der Waals surface area contributed by atoms with Crippen molar-refractivity contribution in [2.24, 2.45) is 0 Å². The first kappa shape index (κ1) is 19.1. The van der Waals surface area contributed by atoms with Crippen molar-refractivity contribution < 1.29 is 19.2 Å². The molecule has 0 aliphatic rings. The Labute approximate surface area is 164 Å². The number of ether oxygens (including phenoxy) is 1. The standard InChI is InChI=1S/C20H13ClN2O5/c21-14-6-11-17(18(12-14)23(26)27)20(25)28-16-9-7-15(8-10-16)22-19(24)13-4-2-1-3-5-13/h1-12H,(H,22,24). The number of halogens is 1. The maximum atomic E-state index is 12.3. The van der Waals surface area contributed by atoms with Crippen molar-refractivity contribution in [2.45, 2.75) is 0 Å². The molecule has 140 valence electrons. The number of hydrogen-bond donors (Lipinski definition) is 1. The van der Waals surface area contributed by atoms with Crippen molar-refractivity contribution in [1.29, 1.82) is 0 Å². The highest BCUT2D eigenvalue weighted by Gasteiger charge is 2.22. The first-order valence-electron chi connectivity index (χ1n) is 8.06. The summed E-state index contributed by atoms with van der Waals surface area (Å²) in [5.41, 5.74) is 0.360. The molecule has 0 aliphatic heterocycles. The van der Waals surface area contributed by atoms with Gasteiger partial charge in [-0.25, -0.2) is 4.79 Å². The third-order valence-corrected chi connectivity index (χ3v) is 3.97. The fourth-order valence-corrected chi connectivity index (χ4v) is 2.56. The average Bonchev–Trinajstić information content (AvgIpc) is 2.70. The van der Waals surface area contributed by atoms with E-state index >= 15 is 0 Å². The van der Waals surface area contributed by atoms with E-state index in [9.17, 15) is 19.7 Å². The Kier molecular flexibility index (Phi) is 5.67. The molecule has 1 amide bonds. The lowest BCUT2D eigenvalue weighted by molar-refractivity contribution is -0.385. The van der Waals surface area contributed by atoms with E-state index in [1.54, 1.807) is 36.4 Å². The van der Waals surface area contributed by atoms with E-state index in [-0.39, 0.29) is 22.2 Å². The number of carbonyl (C=O) groups excluding carboxylic acids is 2. The summed E-state index contributed by atoms with van der Waals surface area (Å²) in [5, 5.41) is 14.0. The highest BCUT2D eigenvalue weighted by molar-refractivity contribution is 6.31. The summed E-state index contributed by atoms with van der Waals surface area (Å²) in [7, 11) is 0. The van der Waals surface area contributed by atoms with Gasteiger partial charge in [0.25, 0.3) is 11.6 Å². The van der Waals surface area contributed by atoms with Gasteiger partial charge in [0.05, 0.1) is 4.92 Å². The topological polar surface area (TPSA) is 98.5 Å². The number of hydrogen-bond acceptors (Lipinski definition) is 5. The zero-order valence-corrected chi connectivity index (χ0v) is 15.1. The Balaban J connectivity index is 1.70. The molecule has 28 heavy (non-hydrogen) atoms. The summed E-state index contributed by atoms with van der Waals surface area (Å²) in [4.78, 5) is 34.8. The van der Waals surface area contributed by atoms with Gasteiger partial charge in [-0.3, -0.25) is 14.9 Å². The normalized spacial score (nSPS) is 10.2. The number of nitro benzene ring substituents is 1. The van der Waals surface area contributed by atoms with Gasteiger partial charge in [-0.15, -0.1) is 0 Å². The number of rotatable bonds is 5. The molecular formula is C20H13ClN2O5. The van der Waals surface area contributed by atoms with Crippen molar-refractivity contribution in [3.05, 3.63) is 99.1 Å². The van der Waals surface area contributed by atoms with Crippen LogP contribution in [0.5, 0.6) is 5.75 Å². The molecule has 0 saturated carbocycles. The number of nitro groups is 1. The van der Waals surface area contributed by atoms with Crippen molar-refractivity contribution in [3.63, 3.8) is 0 Å². The highest BCUT2D eigenvalue weighted by Crippen LogP contribution is 2.25. The molecule has 0 radical (unpaired) electrons. The molecule has 0 saturated heterocycles. The Morgan fingerprint density at radius 1 is 0.964 bits per heavy atom. The lowest BCUT2D eigenvalue weighted by Crippen LogP contribution is -2.12. The minimum atomic E-state index is -0.885. The Morgan fingerprint density at radius 3 is 2.29 bits per heavy atom. The van der Waals surface area contributed by atoms with Crippen LogP contribution in [0, 0.1) is 10.1 Å². The van der Waals surface area contributed by atoms with Gasteiger partial charge in [-0.2, -0.15) is 0 Å². The third kappa shape index (κ3) is 4.52. The van der Waals surface area contributed by atoms with Gasteiger partial charge in [0, 0.05) is 22.3 Å². The van der Waals surface area contributed by atoms with Gasteiger partial charge < -0.3 is 10.1 Å². The first-order valence-corrected chi connectivity index (χ1v) is 8.44. The molecule has 1 N–H and O–H groups in total. The minimum absolute atomic E-state index is 0.141. The molecule has 7 nitrogen and oxygen atoms in total. The second-order valence-corrected chi connectivity index (χ2v) is 6.09. The molecule has 0 heterocycles. The molecule has 0 atom stereocenters. The lowest BCUT2D eigenvalue weighted by Gasteiger charge is -2.08. The van der Waals surface area contributed by atoms with Crippen LogP contribution in [0.25, 0.3) is 0 Å². The Morgan fingerprint density at radius 2 is 1.64 bits per heavy atom. The van der Waals surface area contributed by atoms with Crippen LogP contribution in [-0.4, -0.2) is 16.8 Å². The lowest BCUT2D eigenvalue weighted by atomic mass is 10.2. The maximum Gasteiger partial charge on any atom is 0.350 e. The fourth-order valence-electron chi connectivity index (χ4n) is 2.39. The van der Waals surface area contributed by atoms with E-state index in [1.807, 2.05) is 6.07 Å². The summed E-state index contributed by atoms with van der Waals surface area (Å²) < 4.78 is 5.18. The molecule has 0 aromatic heterocycles. The predicted molar refractivity (Wildman–Crippen MR) is 104 cm³/mol. The Hall–Kier alpha value is -3.71. The largest absolute Gasteiger partial charge is 0.423 e. The van der Waals surface area contributed by atoms with Crippen LogP contribution < -0.4 is 10.1 Å². The van der Waals surface area contributed by atoms with Crippen LogP contribution in [0.3, 0.4) is 0 Å². The molecule has 3 aromatic carbocycles. The van der Waals surface area contributed by atoms with Crippen molar-refractivity contribution in [3.8, 4) is 5.75 Å². The van der Waals surface area contributed by atoms with Crippen LogP contribution in [-0.2, 0) is 0 Å². The number of esters is 1. The van der Waals surface area contributed by atoms with E-state index in [2.05, 4.69) is 5.32 Å². The first-order chi connectivity index (χ1) is 13.4. The maximum absolute atomic E-state index is 12.3. The van der Waals surface area contributed by atoms with Crippen molar-refractivity contribution in [1.82, 2.24) is 0 Å². The molecule has 0 bridgehead atoms. The summed E-state index contributed by atoms with van der Waals surface area (Å²) in [5.74, 6) is -0.987. The molecule has 0 unspecified atom stereocenters. The highest BCUT2D eigenvalue weighted by atomic mass is 35.5. The number of amides is 1. The van der Waals surface area contributed by atoms with Crippen LogP contribution in [0.15, 0.2) is 72.8 Å². The fraction of sp³-hybridized carbons (Fsp3) is 0. The minimum Gasteiger partial charge on any atom is -0.423 e. The van der Waals surface area contributed by atoms with Crippen LogP contribution in [0.2, 0.25) is 5.02 Å². The van der Waals surface area contributed by atoms with E-state index in [4.69, 9.17) is 16.3 Å². The van der Waals surface area contributed by atoms with Crippen molar-refractivity contribution in [2.75, 3.05) is 5.32 Å². The molecule has 0 spiro atoms. The zero-order valence-electron chi connectivity index (χ0n) is 14.3. The predicted octanol–water partition coefficient (Wildman–Crippen LogP) is 4.72. The number of nitrogens with one attached hydrogen (secondary N) is 1. The second kappa shape index (κ2) is 8.32. The smallest absolute Gasteiger partial charge is 0.350 e. The molecule has 3 aromatic rings. The summed E-state index contributed by atoms with van der Waals surface area (Å²) in [6, 6.07) is 18.4. The number of benzene rings is 3. The van der Waals surface area contributed by atoms with Gasteiger partial charge in [0.1, 0.15) is 11.3 Å². The van der Waals surface area contributed by atoms with Crippen LogP contribution in [0.4, 0.5) is 11.4 Å². The van der Waals surface area contributed by atoms with E-state index in [0.717, 1.165) is 6.07 Å². The molecule has 8 heteroatoms. The molecule has 0 fully saturated rings. The average molecular weight is 397 g/mol.